The largest absolute Gasteiger partial charge is 0.314 e. The van der Waals surface area contributed by atoms with Gasteiger partial charge < -0.3 is 5.32 Å². The van der Waals surface area contributed by atoms with Gasteiger partial charge in [-0.25, -0.2) is 4.39 Å². The third-order valence-corrected chi connectivity index (χ3v) is 4.40. The molecule has 106 valence electrons. The van der Waals surface area contributed by atoms with E-state index in [9.17, 15) is 4.39 Å². The van der Waals surface area contributed by atoms with Crippen LogP contribution in [0.2, 0.25) is 5.02 Å². The standard InChI is InChI=1S/C16H23ClFN/c1-11(2)19-10-15(12-5-3-4-6-12)14-8-7-13(18)9-16(14)17/h7-9,11-12,15,19H,3-6,10H2,1-2H3. The Morgan fingerprint density at radius 3 is 2.58 bits per heavy atom. The van der Waals surface area contributed by atoms with Crippen molar-refractivity contribution < 1.29 is 4.39 Å². The van der Waals surface area contributed by atoms with Gasteiger partial charge in [-0.2, -0.15) is 0 Å². The molecule has 0 spiro atoms. The van der Waals surface area contributed by atoms with Crippen LogP contribution >= 0.6 is 11.6 Å². The van der Waals surface area contributed by atoms with Crippen molar-refractivity contribution in [1.29, 1.82) is 0 Å². The Kier molecular flexibility index (Phi) is 5.23. The van der Waals surface area contributed by atoms with Crippen LogP contribution in [0.5, 0.6) is 0 Å². The molecular formula is C16H23ClFN. The van der Waals surface area contributed by atoms with Crippen molar-refractivity contribution in [2.24, 2.45) is 5.92 Å². The lowest BCUT2D eigenvalue weighted by molar-refractivity contribution is 0.398. The first-order valence-corrected chi connectivity index (χ1v) is 7.64. The molecule has 1 aromatic rings. The van der Waals surface area contributed by atoms with Crippen molar-refractivity contribution in [3.8, 4) is 0 Å². The SMILES string of the molecule is CC(C)NCC(c1ccc(F)cc1Cl)C1CCCC1. The highest BCUT2D eigenvalue weighted by Gasteiger charge is 2.27. The zero-order valence-electron chi connectivity index (χ0n) is 11.8. The minimum absolute atomic E-state index is 0.254. The summed E-state index contributed by atoms with van der Waals surface area (Å²) in [4.78, 5) is 0. The molecule has 1 fully saturated rings. The van der Waals surface area contributed by atoms with Gasteiger partial charge in [0.05, 0.1) is 0 Å². The van der Waals surface area contributed by atoms with Gasteiger partial charge in [-0.05, 0) is 36.5 Å². The highest BCUT2D eigenvalue weighted by molar-refractivity contribution is 6.31. The molecule has 1 aliphatic rings. The normalized spacial score (nSPS) is 18.2. The number of hydrogen-bond donors (Lipinski definition) is 1. The van der Waals surface area contributed by atoms with Crippen molar-refractivity contribution in [3.63, 3.8) is 0 Å². The third kappa shape index (κ3) is 3.93. The Labute approximate surface area is 120 Å². The lowest BCUT2D eigenvalue weighted by Crippen LogP contribution is -2.31. The van der Waals surface area contributed by atoms with Gasteiger partial charge in [0.15, 0.2) is 0 Å². The first-order chi connectivity index (χ1) is 9.08. The van der Waals surface area contributed by atoms with E-state index in [1.165, 1.54) is 37.8 Å². The second-order valence-electron chi connectivity index (χ2n) is 5.88. The van der Waals surface area contributed by atoms with Crippen LogP contribution in [0, 0.1) is 11.7 Å². The van der Waals surface area contributed by atoms with E-state index in [0.717, 1.165) is 12.1 Å². The van der Waals surface area contributed by atoms with Crippen LogP contribution in [0.4, 0.5) is 4.39 Å². The molecule has 19 heavy (non-hydrogen) atoms. The van der Waals surface area contributed by atoms with Crippen molar-refractivity contribution in [2.75, 3.05) is 6.54 Å². The molecule has 3 heteroatoms. The molecule has 1 aromatic carbocycles. The molecule has 0 radical (unpaired) electrons. The van der Waals surface area contributed by atoms with Crippen LogP contribution in [0.1, 0.15) is 51.0 Å². The molecule has 1 nitrogen and oxygen atoms in total. The Morgan fingerprint density at radius 2 is 2.00 bits per heavy atom. The molecule has 0 heterocycles. The third-order valence-electron chi connectivity index (χ3n) is 4.08. The van der Waals surface area contributed by atoms with Gasteiger partial charge in [0.1, 0.15) is 5.82 Å². The fourth-order valence-electron chi connectivity index (χ4n) is 3.06. The molecule has 1 unspecified atom stereocenters. The van der Waals surface area contributed by atoms with E-state index in [2.05, 4.69) is 19.2 Å². The molecule has 0 saturated heterocycles. The fraction of sp³-hybridized carbons (Fsp3) is 0.625. The van der Waals surface area contributed by atoms with E-state index < -0.39 is 0 Å². The summed E-state index contributed by atoms with van der Waals surface area (Å²) in [7, 11) is 0. The molecule has 0 bridgehead atoms. The lowest BCUT2D eigenvalue weighted by Gasteiger charge is -2.26. The summed E-state index contributed by atoms with van der Waals surface area (Å²) in [5, 5.41) is 4.08. The maximum Gasteiger partial charge on any atom is 0.124 e. The zero-order chi connectivity index (χ0) is 13.8. The summed E-state index contributed by atoms with van der Waals surface area (Å²) in [5.74, 6) is 0.822. The molecule has 0 aromatic heterocycles. The van der Waals surface area contributed by atoms with Crippen LogP contribution in [-0.2, 0) is 0 Å². The monoisotopic (exact) mass is 283 g/mol. The maximum atomic E-state index is 13.2. The lowest BCUT2D eigenvalue weighted by atomic mass is 9.84. The van der Waals surface area contributed by atoms with Gasteiger partial charge in [0.2, 0.25) is 0 Å². The van der Waals surface area contributed by atoms with Crippen LogP contribution in [0.3, 0.4) is 0 Å². The molecular weight excluding hydrogens is 261 g/mol. The Balaban J connectivity index is 2.19. The first kappa shape index (κ1) is 14.8. The summed E-state index contributed by atoms with van der Waals surface area (Å²) in [5.41, 5.74) is 1.10. The molecule has 1 aliphatic carbocycles. The molecule has 2 rings (SSSR count). The Bertz CT molecular complexity index is 413. The van der Waals surface area contributed by atoms with E-state index in [-0.39, 0.29) is 5.82 Å². The van der Waals surface area contributed by atoms with Crippen molar-refractivity contribution >= 4 is 11.6 Å². The molecule has 0 amide bonds. The first-order valence-electron chi connectivity index (χ1n) is 7.26. The van der Waals surface area contributed by atoms with Gasteiger partial charge in [0, 0.05) is 23.5 Å². The van der Waals surface area contributed by atoms with Crippen LogP contribution in [0.25, 0.3) is 0 Å². The summed E-state index contributed by atoms with van der Waals surface area (Å²) in [6.07, 6.45) is 5.14. The second-order valence-corrected chi connectivity index (χ2v) is 6.29. The highest BCUT2D eigenvalue weighted by atomic mass is 35.5. The van der Waals surface area contributed by atoms with Crippen LogP contribution in [0.15, 0.2) is 18.2 Å². The van der Waals surface area contributed by atoms with E-state index in [1.54, 1.807) is 0 Å². The zero-order valence-corrected chi connectivity index (χ0v) is 12.5. The minimum Gasteiger partial charge on any atom is -0.314 e. The van der Waals surface area contributed by atoms with Crippen LogP contribution in [-0.4, -0.2) is 12.6 Å². The van der Waals surface area contributed by atoms with Gasteiger partial charge in [0.25, 0.3) is 0 Å². The summed E-state index contributed by atoms with van der Waals surface area (Å²) >= 11 is 6.25. The molecule has 0 aliphatic heterocycles. The van der Waals surface area contributed by atoms with Crippen LogP contribution < -0.4 is 5.32 Å². The molecule has 1 N–H and O–H groups in total. The van der Waals surface area contributed by atoms with E-state index >= 15 is 0 Å². The smallest absolute Gasteiger partial charge is 0.124 e. The Hall–Kier alpha value is -0.600. The van der Waals surface area contributed by atoms with E-state index in [1.807, 2.05) is 6.07 Å². The van der Waals surface area contributed by atoms with E-state index in [0.29, 0.717) is 22.9 Å². The average Bonchev–Trinajstić information content (AvgIpc) is 2.85. The van der Waals surface area contributed by atoms with Crippen molar-refractivity contribution in [3.05, 3.63) is 34.6 Å². The summed E-state index contributed by atoms with van der Waals surface area (Å²) in [6, 6.07) is 5.29. The fourth-order valence-corrected chi connectivity index (χ4v) is 3.36. The maximum absolute atomic E-state index is 13.2. The number of hydrogen-bond acceptors (Lipinski definition) is 1. The minimum atomic E-state index is -0.254. The quantitative estimate of drug-likeness (QED) is 0.822. The number of nitrogens with one attached hydrogen (secondary N) is 1. The van der Waals surface area contributed by atoms with Crippen molar-refractivity contribution in [2.45, 2.75) is 51.5 Å². The average molecular weight is 284 g/mol. The number of halogens is 2. The summed E-state index contributed by atoms with van der Waals surface area (Å²) in [6.45, 7) is 5.23. The Morgan fingerprint density at radius 1 is 1.32 bits per heavy atom. The molecule has 1 atom stereocenters. The number of rotatable bonds is 5. The highest BCUT2D eigenvalue weighted by Crippen LogP contribution is 2.39. The predicted molar refractivity (Wildman–Crippen MR) is 79.2 cm³/mol. The topological polar surface area (TPSA) is 12.0 Å². The second kappa shape index (κ2) is 6.71. The van der Waals surface area contributed by atoms with Gasteiger partial charge >= 0.3 is 0 Å². The van der Waals surface area contributed by atoms with Gasteiger partial charge in [-0.1, -0.05) is 44.4 Å². The van der Waals surface area contributed by atoms with Gasteiger partial charge in [-0.15, -0.1) is 0 Å². The predicted octanol–water partition coefficient (Wildman–Crippen LogP) is 4.75. The van der Waals surface area contributed by atoms with Gasteiger partial charge in [-0.3, -0.25) is 0 Å². The van der Waals surface area contributed by atoms with E-state index in [4.69, 9.17) is 11.6 Å². The summed E-state index contributed by atoms with van der Waals surface area (Å²) < 4.78 is 13.2. The van der Waals surface area contributed by atoms with Crippen molar-refractivity contribution in [1.82, 2.24) is 5.32 Å². The number of benzene rings is 1. The molecule has 1 saturated carbocycles.